The van der Waals surface area contributed by atoms with Crippen molar-refractivity contribution >= 4 is 16.9 Å². The monoisotopic (exact) mass is 321 g/mol. The van der Waals surface area contributed by atoms with E-state index in [1.54, 1.807) is 0 Å². The van der Waals surface area contributed by atoms with Crippen LogP contribution in [-0.4, -0.2) is 17.6 Å². The van der Waals surface area contributed by atoms with Crippen LogP contribution >= 0.6 is 0 Å². The highest BCUT2D eigenvalue weighted by atomic mass is 16.5. The minimum Gasteiger partial charge on any atom is -0.465 e. The fourth-order valence-corrected chi connectivity index (χ4v) is 3.16. The summed E-state index contributed by atoms with van der Waals surface area (Å²) in [5, 5.41) is 1.13. The molecule has 1 heterocycles. The molecule has 0 N–H and O–H groups in total. The van der Waals surface area contributed by atoms with Crippen LogP contribution in [-0.2, 0) is 17.7 Å². The molecular formula is C21H23NO2. The number of hydrogen-bond donors (Lipinski definition) is 0. The quantitative estimate of drug-likeness (QED) is 0.484. The number of methoxy groups -OCH3 is 1. The number of esters is 1. The maximum Gasteiger partial charge on any atom is 0.337 e. The molecule has 0 unspecified atom stereocenters. The highest BCUT2D eigenvalue weighted by Crippen LogP contribution is 2.23. The maximum atomic E-state index is 11.7. The van der Waals surface area contributed by atoms with Gasteiger partial charge in [0.05, 0.1) is 12.7 Å². The zero-order valence-electron chi connectivity index (χ0n) is 14.3. The molecular weight excluding hydrogens is 298 g/mol. The molecule has 0 bridgehead atoms. The summed E-state index contributed by atoms with van der Waals surface area (Å²) in [5.74, 6) is -0.285. The third kappa shape index (κ3) is 3.51. The lowest BCUT2D eigenvalue weighted by Gasteiger charge is -2.06. The zero-order chi connectivity index (χ0) is 16.9. The fraction of sp³-hybridized carbons (Fsp3) is 0.286. The van der Waals surface area contributed by atoms with Gasteiger partial charge in [-0.2, -0.15) is 0 Å². The molecule has 0 radical (unpaired) electrons. The van der Waals surface area contributed by atoms with Gasteiger partial charge in [-0.15, -0.1) is 0 Å². The van der Waals surface area contributed by atoms with Crippen LogP contribution in [0, 0.1) is 6.92 Å². The SMILES string of the molecule is COC(=O)c1ccc2c(c1)c(C)cn2CCCCc1ccccc1. The average molecular weight is 321 g/mol. The van der Waals surface area contributed by atoms with Gasteiger partial charge in [0.2, 0.25) is 0 Å². The molecule has 3 aromatic rings. The molecule has 3 nitrogen and oxygen atoms in total. The molecule has 0 saturated carbocycles. The molecule has 0 fully saturated rings. The average Bonchev–Trinajstić information content (AvgIpc) is 2.94. The number of fused-ring (bicyclic) bond motifs is 1. The Kier molecular flexibility index (Phi) is 4.99. The van der Waals surface area contributed by atoms with Crippen LogP contribution in [0.4, 0.5) is 0 Å². The maximum absolute atomic E-state index is 11.7. The van der Waals surface area contributed by atoms with E-state index in [2.05, 4.69) is 48.0 Å². The van der Waals surface area contributed by atoms with Gasteiger partial charge >= 0.3 is 5.97 Å². The lowest BCUT2D eigenvalue weighted by molar-refractivity contribution is 0.0601. The highest BCUT2D eigenvalue weighted by molar-refractivity contribution is 5.95. The molecule has 0 amide bonds. The van der Waals surface area contributed by atoms with E-state index >= 15 is 0 Å². The van der Waals surface area contributed by atoms with Gasteiger partial charge in [-0.1, -0.05) is 30.3 Å². The standard InChI is InChI=1S/C21H23NO2/c1-16-15-22(13-7-6-10-17-8-4-3-5-9-17)20-12-11-18(14-19(16)20)21(23)24-2/h3-5,8-9,11-12,14-15H,6-7,10,13H2,1-2H3. The van der Waals surface area contributed by atoms with Crippen molar-refractivity contribution in [3.8, 4) is 0 Å². The summed E-state index contributed by atoms with van der Waals surface area (Å²) in [5.41, 5.74) is 4.38. The van der Waals surface area contributed by atoms with Crippen LogP contribution in [0.2, 0.25) is 0 Å². The Balaban J connectivity index is 1.68. The molecule has 1 aromatic heterocycles. The van der Waals surface area contributed by atoms with Gasteiger partial charge in [0, 0.05) is 23.6 Å². The van der Waals surface area contributed by atoms with E-state index in [-0.39, 0.29) is 5.97 Å². The summed E-state index contributed by atoms with van der Waals surface area (Å²) in [7, 11) is 1.41. The fourth-order valence-electron chi connectivity index (χ4n) is 3.16. The second-order valence-corrected chi connectivity index (χ2v) is 6.17. The van der Waals surface area contributed by atoms with Gasteiger partial charge in [0.1, 0.15) is 0 Å². The summed E-state index contributed by atoms with van der Waals surface area (Å²) in [4.78, 5) is 11.7. The van der Waals surface area contributed by atoms with Gasteiger partial charge in [0.25, 0.3) is 0 Å². The summed E-state index contributed by atoms with van der Waals surface area (Å²) >= 11 is 0. The molecule has 0 aliphatic heterocycles. The van der Waals surface area contributed by atoms with Crippen LogP contribution < -0.4 is 0 Å². The topological polar surface area (TPSA) is 31.2 Å². The van der Waals surface area contributed by atoms with E-state index < -0.39 is 0 Å². The second kappa shape index (κ2) is 7.35. The minimum absolute atomic E-state index is 0.285. The summed E-state index contributed by atoms with van der Waals surface area (Å²) < 4.78 is 7.10. The number of ether oxygens (including phenoxy) is 1. The first-order valence-electron chi connectivity index (χ1n) is 8.41. The van der Waals surface area contributed by atoms with Crippen LogP contribution in [0.5, 0.6) is 0 Å². The van der Waals surface area contributed by atoms with Gasteiger partial charge in [-0.25, -0.2) is 4.79 Å². The predicted octanol–water partition coefficient (Wildman–Crippen LogP) is 4.76. The third-order valence-corrected chi connectivity index (χ3v) is 4.46. The smallest absolute Gasteiger partial charge is 0.337 e. The van der Waals surface area contributed by atoms with Crippen molar-refractivity contribution in [3.05, 3.63) is 71.4 Å². The van der Waals surface area contributed by atoms with Gasteiger partial charge in [0.15, 0.2) is 0 Å². The predicted molar refractivity (Wildman–Crippen MR) is 97.4 cm³/mol. The zero-order valence-corrected chi connectivity index (χ0v) is 14.3. The van der Waals surface area contributed by atoms with Crippen molar-refractivity contribution in [2.45, 2.75) is 32.7 Å². The number of carbonyl (C=O) groups excluding carboxylic acids is 1. The van der Waals surface area contributed by atoms with Crippen LogP contribution in [0.25, 0.3) is 10.9 Å². The molecule has 0 aliphatic rings. The molecule has 0 spiro atoms. The second-order valence-electron chi connectivity index (χ2n) is 6.17. The Hall–Kier alpha value is -2.55. The Morgan fingerprint density at radius 1 is 1.08 bits per heavy atom. The number of rotatable bonds is 6. The van der Waals surface area contributed by atoms with Crippen LogP contribution in [0.15, 0.2) is 54.7 Å². The molecule has 3 heteroatoms. The first-order chi connectivity index (χ1) is 11.7. The van der Waals surface area contributed by atoms with Crippen molar-refractivity contribution in [1.82, 2.24) is 4.57 Å². The largest absolute Gasteiger partial charge is 0.465 e. The van der Waals surface area contributed by atoms with Crippen molar-refractivity contribution in [2.75, 3.05) is 7.11 Å². The number of unbranched alkanes of at least 4 members (excludes halogenated alkanes) is 1. The van der Waals surface area contributed by atoms with E-state index in [1.807, 2.05) is 18.2 Å². The van der Waals surface area contributed by atoms with Crippen LogP contribution in [0.1, 0.15) is 34.3 Å². The van der Waals surface area contributed by atoms with Gasteiger partial charge < -0.3 is 9.30 Å². The normalized spacial score (nSPS) is 10.9. The lowest BCUT2D eigenvalue weighted by Crippen LogP contribution is -2.01. The van der Waals surface area contributed by atoms with Gasteiger partial charge in [-0.3, -0.25) is 0 Å². The number of aryl methyl sites for hydroxylation is 3. The Morgan fingerprint density at radius 2 is 1.88 bits per heavy atom. The van der Waals surface area contributed by atoms with E-state index in [9.17, 15) is 4.79 Å². The molecule has 2 aromatic carbocycles. The Bertz CT molecular complexity index is 834. The molecule has 3 rings (SSSR count). The minimum atomic E-state index is -0.285. The van der Waals surface area contributed by atoms with Gasteiger partial charge in [-0.05, 0) is 55.5 Å². The number of carbonyl (C=O) groups is 1. The summed E-state index contributed by atoms with van der Waals surface area (Å²) in [6.07, 6.45) is 5.60. The number of aromatic nitrogens is 1. The third-order valence-electron chi connectivity index (χ3n) is 4.46. The molecule has 0 saturated heterocycles. The van der Waals surface area contributed by atoms with E-state index in [0.29, 0.717) is 5.56 Å². The first kappa shape index (κ1) is 16.3. The molecule has 24 heavy (non-hydrogen) atoms. The van der Waals surface area contributed by atoms with Crippen molar-refractivity contribution in [1.29, 1.82) is 0 Å². The summed E-state index contributed by atoms with van der Waals surface area (Å²) in [6, 6.07) is 16.4. The Morgan fingerprint density at radius 3 is 2.62 bits per heavy atom. The molecule has 0 aliphatic carbocycles. The van der Waals surface area contributed by atoms with E-state index in [0.717, 1.165) is 24.8 Å². The molecule has 124 valence electrons. The highest BCUT2D eigenvalue weighted by Gasteiger charge is 2.10. The van der Waals surface area contributed by atoms with Crippen molar-refractivity contribution < 1.29 is 9.53 Å². The lowest BCUT2D eigenvalue weighted by atomic mass is 10.1. The van der Waals surface area contributed by atoms with E-state index in [1.165, 1.54) is 30.2 Å². The Labute approximate surface area is 142 Å². The van der Waals surface area contributed by atoms with Crippen molar-refractivity contribution in [2.24, 2.45) is 0 Å². The summed E-state index contributed by atoms with van der Waals surface area (Å²) in [6.45, 7) is 3.08. The van der Waals surface area contributed by atoms with Crippen molar-refractivity contribution in [3.63, 3.8) is 0 Å². The van der Waals surface area contributed by atoms with Crippen LogP contribution in [0.3, 0.4) is 0 Å². The van der Waals surface area contributed by atoms with E-state index in [4.69, 9.17) is 4.74 Å². The number of nitrogens with zero attached hydrogens (tertiary/aromatic N) is 1. The number of hydrogen-bond acceptors (Lipinski definition) is 2. The first-order valence-corrected chi connectivity index (χ1v) is 8.41. The molecule has 0 atom stereocenters. The number of benzene rings is 2.